The standard InChI is InChI=1S/C18H15N7O4/c26-13-9-29-6-5-24(13)18-21-16-15(19-10-23(16)8-14(27)28)17(22-18)25-12-4-2-1-3-11(12)7-20-25/h1-4,7,10H,5-6,8-9H2,(H,27,28). The first-order valence-corrected chi connectivity index (χ1v) is 8.88. The molecule has 5 rings (SSSR count). The molecule has 4 aromatic rings. The second-order valence-electron chi connectivity index (χ2n) is 6.50. The van der Waals surface area contributed by atoms with E-state index in [0.717, 1.165) is 10.9 Å². The molecule has 1 saturated heterocycles. The third-order valence-corrected chi connectivity index (χ3v) is 4.64. The monoisotopic (exact) mass is 393 g/mol. The number of ether oxygens (including phenoxy) is 1. The SMILES string of the molecule is O=C(O)Cn1cnc2c(-n3ncc4ccccc43)nc(N3CCOCC3=O)nc21. The molecule has 146 valence electrons. The number of imidazole rings is 1. The van der Waals surface area contributed by atoms with Gasteiger partial charge in [-0.25, -0.2) is 9.67 Å². The highest BCUT2D eigenvalue weighted by molar-refractivity contribution is 5.94. The zero-order valence-electron chi connectivity index (χ0n) is 15.1. The Morgan fingerprint density at radius 1 is 1.24 bits per heavy atom. The number of carboxylic acids is 1. The topological polar surface area (TPSA) is 128 Å². The summed E-state index contributed by atoms with van der Waals surface area (Å²) in [6.07, 6.45) is 3.10. The lowest BCUT2D eigenvalue weighted by Crippen LogP contribution is -2.42. The minimum atomic E-state index is -1.03. The lowest BCUT2D eigenvalue weighted by molar-refractivity contribution is -0.137. The molecule has 1 amide bonds. The number of para-hydroxylation sites is 1. The van der Waals surface area contributed by atoms with Crippen molar-refractivity contribution in [3.05, 3.63) is 36.8 Å². The van der Waals surface area contributed by atoms with Gasteiger partial charge in [0.25, 0.3) is 5.91 Å². The van der Waals surface area contributed by atoms with Gasteiger partial charge in [-0.2, -0.15) is 15.1 Å². The second kappa shape index (κ2) is 6.63. The molecule has 0 aliphatic carbocycles. The van der Waals surface area contributed by atoms with Crippen molar-refractivity contribution in [3.63, 3.8) is 0 Å². The maximum absolute atomic E-state index is 12.3. The van der Waals surface area contributed by atoms with Gasteiger partial charge in [-0.05, 0) is 6.07 Å². The van der Waals surface area contributed by atoms with Crippen LogP contribution in [0, 0.1) is 0 Å². The molecule has 1 N–H and O–H groups in total. The maximum Gasteiger partial charge on any atom is 0.323 e. The smallest absolute Gasteiger partial charge is 0.323 e. The van der Waals surface area contributed by atoms with Crippen molar-refractivity contribution in [3.8, 4) is 5.82 Å². The highest BCUT2D eigenvalue weighted by atomic mass is 16.5. The molecular weight excluding hydrogens is 378 g/mol. The van der Waals surface area contributed by atoms with Crippen molar-refractivity contribution in [1.29, 1.82) is 0 Å². The Hall–Kier alpha value is -3.86. The van der Waals surface area contributed by atoms with E-state index in [1.165, 1.54) is 15.8 Å². The normalized spacial score (nSPS) is 14.8. The van der Waals surface area contributed by atoms with E-state index in [4.69, 9.17) is 4.74 Å². The zero-order chi connectivity index (χ0) is 20.0. The van der Waals surface area contributed by atoms with E-state index >= 15 is 0 Å². The van der Waals surface area contributed by atoms with E-state index in [0.29, 0.717) is 30.1 Å². The second-order valence-corrected chi connectivity index (χ2v) is 6.50. The van der Waals surface area contributed by atoms with Gasteiger partial charge < -0.3 is 14.4 Å². The van der Waals surface area contributed by atoms with Gasteiger partial charge in [0.2, 0.25) is 5.95 Å². The number of aromatic nitrogens is 6. The number of benzene rings is 1. The van der Waals surface area contributed by atoms with Gasteiger partial charge in [0.05, 0.1) is 31.2 Å². The molecular formula is C18H15N7O4. The molecule has 0 bridgehead atoms. The van der Waals surface area contributed by atoms with Crippen LogP contribution < -0.4 is 4.90 Å². The number of hydrogen-bond acceptors (Lipinski definition) is 7. The molecule has 11 nitrogen and oxygen atoms in total. The summed E-state index contributed by atoms with van der Waals surface area (Å²) in [6.45, 7) is 0.289. The first kappa shape index (κ1) is 17.3. The number of morpholine rings is 1. The predicted octanol–water partition coefficient (Wildman–Crippen LogP) is 0.613. The number of amides is 1. The van der Waals surface area contributed by atoms with Gasteiger partial charge in [-0.3, -0.25) is 14.5 Å². The third-order valence-electron chi connectivity index (χ3n) is 4.64. The number of carbonyl (C=O) groups excluding carboxylic acids is 1. The maximum atomic E-state index is 12.3. The van der Waals surface area contributed by atoms with Crippen molar-refractivity contribution < 1.29 is 19.4 Å². The Labute approximate surface area is 163 Å². The summed E-state index contributed by atoms with van der Waals surface area (Å²) in [4.78, 5) is 38.3. The number of fused-ring (bicyclic) bond motifs is 2. The van der Waals surface area contributed by atoms with Crippen molar-refractivity contribution >= 4 is 39.9 Å². The average molecular weight is 393 g/mol. The Bertz CT molecular complexity index is 1260. The minimum Gasteiger partial charge on any atom is -0.480 e. The van der Waals surface area contributed by atoms with Gasteiger partial charge >= 0.3 is 5.97 Å². The number of carboxylic acid groups (broad SMARTS) is 1. The zero-order valence-corrected chi connectivity index (χ0v) is 15.1. The van der Waals surface area contributed by atoms with Crippen LogP contribution in [0.15, 0.2) is 36.8 Å². The largest absolute Gasteiger partial charge is 0.480 e. The molecule has 4 heterocycles. The lowest BCUT2D eigenvalue weighted by atomic mass is 10.2. The molecule has 1 aliphatic heterocycles. The molecule has 0 saturated carbocycles. The Morgan fingerprint density at radius 3 is 2.93 bits per heavy atom. The van der Waals surface area contributed by atoms with Crippen molar-refractivity contribution in [2.24, 2.45) is 0 Å². The van der Waals surface area contributed by atoms with Crippen molar-refractivity contribution in [2.75, 3.05) is 24.7 Å². The van der Waals surface area contributed by atoms with Gasteiger partial charge in [0.1, 0.15) is 13.2 Å². The number of hydrogen-bond donors (Lipinski definition) is 1. The number of aliphatic carboxylic acids is 1. The van der Waals surface area contributed by atoms with Crippen molar-refractivity contribution in [1.82, 2.24) is 29.3 Å². The molecule has 0 atom stereocenters. The van der Waals surface area contributed by atoms with Crippen LogP contribution in [-0.4, -0.2) is 66.0 Å². The van der Waals surface area contributed by atoms with E-state index < -0.39 is 5.97 Å². The minimum absolute atomic E-state index is 0.0597. The molecule has 29 heavy (non-hydrogen) atoms. The summed E-state index contributed by atoms with van der Waals surface area (Å²) in [7, 11) is 0. The van der Waals surface area contributed by atoms with Crippen LogP contribution in [0.4, 0.5) is 5.95 Å². The van der Waals surface area contributed by atoms with Crippen LogP contribution in [0.5, 0.6) is 0 Å². The molecule has 1 fully saturated rings. The predicted molar refractivity (Wildman–Crippen MR) is 101 cm³/mol. The molecule has 11 heteroatoms. The van der Waals surface area contributed by atoms with Gasteiger partial charge in [0.15, 0.2) is 17.0 Å². The Kier molecular flexibility index (Phi) is 3.95. The fourth-order valence-electron chi connectivity index (χ4n) is 3.32. The average Bonchev–Trinajstić information content (AvgIpc) is 3.32. The molecule has 0 radical (unpaired) electrons. The third kappa shape index (κ3) is 2.88. The summed E-state index contributed by atoms with van der Waals surface area (Å²) in [5.74, 6) is -0.767. The first-order chi connectivity index (χ1) is 14.1. The Morgan fingerprint density at radius 2 is 2.10 bits per heavy atom. The summed E-state index contributed by atoms with van der Waals surface area (Å²) in [6, 6.07) is 7.61. The molecule has 0 spiro atoms. The summed E-state index contributed by atoms with van der Waals surface area (Å²) in [5, 5.41) is 14.5. The van der Waals surface area contributed by atoms with Crippen LogP contribution >= 0.6 is 0 Å². The highest BCUT2D eigenvalue weighted by Gasteiger charge is 2.26. The van der Waals surface area contributed by atoms with Crippen LogP contribution in [0.25, 0.3) is 27.9 Å². The molecule has 1 aliphatic rings. The van der Waals surface area contributed by atoms with Crippen molar-refractivity contribution in [2.45, 2.75) is 6.54 Å². The van der Waals surface area contributed by atoms with Gasteiger partial charge in [-0.15, -0.1) is 0 Å². The first-order valence-electron chi connectivity index (χ1n) is 8.88. The van der Waals surface area contributed by atoms with E-state index in [-0.39, 0.29) is 25.0 Å². The molecule has 3 aromatic heterocycles. The van der Waals surface area contributed by atoms with E-state index in [2.05, 4.69) is 20.1 Å². The summed E-state index contributed by atoms with van der Waals surface area (Å²) in [5.41, 5.74) is 1.51. The van der Waals surface area contributed by atoms with Crippen LogP contribution in [0.1, 0.15) is 0 Å². The number of rotatable bonds is 4. The summed E-state index contributed by atoms with van der Waals surface area (Å²) >= 11 is 0. The molecule has 0 unspecified atom stereocenters. The quantitative estimate of drug-likeness (QED) is 0.534. The fraction of sp³-hybridized carbons (Fsp3) is 0.222. The fourth-order valence-corrected chi connectivity index (χ4v) is 3.32. The number of nitrogens with zero attached hydrogens (tertiary/aromatic N) is 7. The number of carbonyl (C=O) groups is 2. The van der Waals surface area contributed by atoms with Crippen LogP contribution in [-0.2, 0) is 20.9 Å². The van der Waals surface area contributed by atoms with Gasteiger partial charge in [0, 0.05) is 5.39 Å². The van der Waals surface area contributed by atoms with Crippen LogP contribution in [0.2, 0.25) is 0 Å². The lowest BCUT2D eigenvalue weighted by Gasteiger charge is -2.25. The van der Waals surface area contributed by atoms with E-state index in [9.17, 15) is 14.7 Å². The number of anilines is 1. The highest BCUT2D eigenvalue weighted by Crippen LogP contribution is 2.25. The van der Waals surface area contributed by atoms with Gasteiger partial charge in [-0.1, -0.05) is 18.2 Å². The Balaban J connectivity index is 1.76. The summed E-state index contributed by atoms with van der Waals surface area (Å²) < 4.78 is 8.21. The van der Waals surface area contributed by atoms with E-state index in [1.807, 2.05) is 24.3 Å². The molecule has 1 aromatic carbocycles. The van der Waals surface area contributed by atoms with Crippen LogP contribution in [0.3, 0.4) is 0 Å². The van der Waals surface area contributed by atoms with E-state index in [1.54, 1.807) is 10.9 Å².